The molecule has 1 rings (SSSR count). The maximum Gasteiger partial charge on any atom is 0.329 e. The number of benzene rings is 1. The summed E-state index contributed by atoms with van der Waals surface area (Å²) < 4.78 is 36.3. The number of aliphatic carboxylic acids is 1. The molecule has 140 valence electrons. The molecule has 0 radical (unpaired) electrons. The zero-order valence-corrected chi connectivity index (χ0v) is 14.8. The number of carbonyl (C=O) groups excluding carboxylic acids is 1. The van der Waals surface area contributed by atoms with Gasteiger partial charge in [-0.2, -0.15) is 0 Å². The van der Waals surface area contributed by atoms with Crippen molar-refractivity contribution in [2.75, 3.05) is 30.2 Å². The molecule has 10 heteroatoms. The summed E-state index contributed by atoms with van der Waals surface area (Å²) in [4.78, 5) is 21.8. The Balaban J connectivity index is 2.41. The second kappa shape index (κ2) is 9.84. The molecule has 1 aromatic rings. The smallest absolute Gasteiger partial charge is 0.329 e. The lowest BCUT2D eigenvalue weighted by molar-refractivity contribution is -0.142. The second-order valence-corrected chi connectivity index (χ2v) is 7.07. The Morgan fingerprint density at radius 2 is 1.84 bits per heavy atom. The highest BCUT2D eigenvalue weighted by Gasteiger charge is 2.16. The lowest BCUT2D eigenvalue weighted by atomic mass is 10.3. The first kappa shape index (κ1) is 20.7. The van der Waals surface area contributed by atoms with Crippen LogP contribution in [0, 0.1) is 0 Å². The van der Waals surface area contributed by atoms with Gasteiger partial charge in [0.25, 0.3) is 0 Å². The average molecular weight is 374 g/mol. The van der Waals surface area contributed by atoms with Crippen molar-refractivity contribution in [1.29, 1.82) is 0 Å². The van der Waals surface area contributed by atoms with Crippen LogP contribution in [0.15, 0.2) is 24.3 Å². The summed E-state index contributed by atoms with van der Waals surface area (Å²) in [5.41, 5.74) is 0.314. The van der Waals surface area contributed by atoms with E-state index in [9.17, 15) is 18.0 Å². The highest BCUT2D eigenvalue weighted by Crippen LogP contribution is 2.17. The van der Waals surface area contributed by atoms with Gasteiger partial charge < -0.3 is 19.9 Å². The molecule has 0 unspecified atom stereocenters. The minimum absolute atomic E-state index is 0.00529. The number of rotatable bonds is 11. The van der Waals surface area contributed by atoms with Crippen molar-refractivity contribution >= 4 is 27.6 Å². The van der Waals surface area contributed by atoms with Crippen LogP contribution in [0.25, 0.3) is 0 Å². The number of hydrogen-bond acceptors (Lipinski definition) is 6. The number of carboxylic acids is 1. The maximum absolute atomic E-state index is 11.9. The van der Waals surface area contributed by atoms with E-state index in [1.807, 2.05) is 13.8 Å². The molecule has 0 saturated heterocycles. The van der Waals surface area contributed by atoms with E-state index in [0.29, 0.717) is 11.4 Å². The van der Waals surface area contributed by atoms with E-state index < -0.39 is 34.3 Å². The third-order valence-electron chi connectivity index (χ3n) is 2.61. The number of carbonyl (C=O) groups is 2. The Labute approximate surface area is 146 Å². The number of ether oxygens (including phenoxy) is 2. The zero-order valence-electron chi connectivity index (χ0n) is 14.0. The van der Waals surface area contributed by atoms with Crippen LogP contribution in [0.3, 0.4) is 0 Å². The van der Waals surface area contributed by atoms with Crippen LogP contribution >= 0.6 is 0 Å². The first-order valence-electron chi connectivity index (χ1n) is 7.51. The maximum atomic E-state index is 11.9. The SMILES string of the molecule is CC(C)Oc1ccc(NS(=O)(=O)CC(=O)NCCOCC(=O)O)cc1. The molecule has 0 aliphatic rings. The molecule has 0 heterocycles. The molecule has 1 aromatic carbocycles. The monoisotopic (exact) mass is 374 g/mol. The summed E-state index contributed by atoms with van der Waals surface area (Å²) in [6.45, 7) is 3.27. The summed E-state index contributed by atoms with van der Waals surface area (Å²) in [6.07, 6.45) is 0.00529. The third kappa shape index (κ3) is 9.52. The van der Waals surface area contributed by atoms with E-state index in [2.05, 4.69) is 10.0 Å². The van der Waals surface area contributed by atoms with Crippen molar-refractivity contribution in [1.82, 2.24) is 5.32 Å². The fourth-order valence-electron chi connectivity index (χ4n) is 1.74. The van der Waals surface area contributed by atoms with Crippen LogP contribution in [0.1, 0.15) is 13.8 Å². The Hall–Kier alpha value is -2.33. The van der Waals surface area contributed by atoms with Crippen LogP contribution in [0.4, 0.5) is 5.69 Å². The van der Waals surface area contributed by atoms with Crippen molar-refractivity contribution in [3.05, 3.63) is 24.3 Å². The molecule has 0 saturated carbocycles. The summed E-state index contributed by atoms with van der Waals surface area (Å²) in [6, 6.07) is 6.31. The van der Waals surface area contributed by atoms with E-state index in [-0.39, 0.29) is 19.3 Å². The van der Waals surface area contributed by atoms with Crippen molar-refractivity contribution in [3.8, 4) is 5.75 Å². The van der Waals surface area contributed by atoms with Crippen LogP contribution in [-0.2, 0) is 24.3 Å². The number of carboxylic acid groups (broad SMARTS) is 1. The standard InChI is InChI=1S/C15H22N2O7S/c1-11(2)24-13-5-3-12(4-6-13)17-25(21,22)10-14(18)16-7-8-23-9-15(19)20/h3-6,11,17H,7-10H2,1-2H3,(H,16,18)(H,19,20). The molecular weight excluding hydrogens is 352 g/mol. The first-order valence-corrected chi connectivity index (χ1v) is 9.16. The van der Waals surface area contributed by atoms with Gasteiger partial charge in [-0.05, 0) is 38.1 Å². The largest absolute Gasteiger partial charge is 0.491 e. The molecule has 1 amide bonds. The number of nitrogens with one attached hydrogen (secondary N) is 2. The van der Waals surface area contributed by atoms with Crippen molar-refractivity contribution in [2.45, 2.75) is 20.0 Å². The number of anilines is 1. The fraction of sp³-hybridized carbons (Fsp3) is 0.467. The van der Waals surface area contributed by atoms with E-state index in [4.69, 9.17) is 14.6 Å². The van der Waals surface area contributed by atoms with Gasteiger partial charge in [0, 0.05) is 12.2 Å². The van der Waals surface area contributed by atoms with Gasteiger partial charge >= 0.3 is 5.97 Å². The highest BCUT2D eigenvalue weighted by atomic mass is 32.2. The topological polar surface area (TPSA) is 131 Å². The predicted octanol–water partition coefficient (Wildman–Crippen LogP) is 0.433. The first-order chi connectivity index (χ1) is 11.7. The molecule has 0 bridgehead atoms. The highest BCUT2D eigenvalue weighted by molar-refractivity contribution is 7.93. The van der Waals surface area contributed by atoms with Gasteiger partial charge in [-0.1, -0.05) is 0 Å². The number of hydrogen-bond donors (Lipinski definition) is 3. The van der Waals surface area contributed by atoms with Crippen molar-refractivity contribution in [3.63, 3.8) is 0 Å². The summed E-state index contributed by atoms with van der Waals surface area (Å²) >= 11 is 0. The van der Waals surface area contributed by atoms with E-state index in [1.54, 1.807) is 12.1 Å². The summed E-state index contributed by atoms with van der Waals surface area (Å²) in [5, 5.41) is 10.7. The Morgan fingerprint density at radius 1 is 1.20 bits per heavy atom. The number of sulfonamides is 1. The molecular formula is C15H22N2O7S. The minimum Gasteiger partial charge on any atom is -0.491 e. The molecule has 0 spiro atoms. The van der Waals surface area contributed by atoms with Crippen LogP contribution in [0.5, 0.6) is 5.75 Å². The van der Waals surface area contributed by atoms with Gasteiger partial charge in [-0.3, -0.25) is 9.52 Å². The summed E-state index contributed by atoms with van der Waals surface area (Å²) in [5.74, 6) is -1.98. The van der Waals surface area contributed by atoms with Crippen LogP contribution in [-0.4, -0.2) is 57.0 Å². The van der Waals surface area contributed by atoms with E-state index in [0.717, 1.165) is 0 Å². The van der Waals surface area contributed by atoms with Gasteiger partial charge in [0.15, 0.2) is 0 Å². The summed E-state index contributed by atoms with van der Waals surface area (Å²) in [7, 11) is -3.86. The molecule has 0 aromatic heterocycles. The van der Waals surface area contributed by atoms with Gasteiger partial charge in [0.05, 0.1) is 12.7 Å². The van der Waals surface area contributed by atoms with Crippen LogP contribution < -0.4 is 14.8 Å². The predicted molar refractivity (Wildman–Crippen MR) is 91.1 cm³/mol. The lowest BCUT2D eigenvalue weighted by Gasteiger charge is -2.11. The second-order valence-electron chi connectivity index (χ2n) is 5.35. The Morgan fingerprint density at radius 3 is 2.40 bits per heavy atom. The molecule has 0 aliphatic carbocycles. The van der Waals surface area contributed by atoms with Crippen LogP contribution in [0.2, 0.25) is 0 Å². The molecule has 0 atom stereocenters. The fourth-order valence-corrected chi connectivity index (χ4v) is 2.75. The minimum atomic E-state index is -3.86. The van der Waals surface area contributed by atoms with Gasteiger partial charge in [-0.15, -0.1) is 0 Å². The van der Waals surface area contributed by atoms with Gasteiger partial charge in [-0.25, -0.2) is 13.2 Å². The van der Waals surface area contributed by atoms with Crippen molar-refractivity contribution < 1.29 is 32.6 Å². The molecule has 0 aliphatic heterocycles. The van der Waals surface area contributed by atoms with Crippen molar-refractivity contribution in [2.24, 2.45) is 0 Å². The molecule has 9 nitrogen and oxygen atoms in total. The quantitative estimate of drug-likeness (QED) is 0.479. The number of amides is 1. The molecule has 0 fully saturated rings. The molecule has 25 heavy (non-hydrogen) atoms. The zero-order chi connectivity index (χ0) is 18.9. The normalized spacial score (nSPS) is 11.2. The Bertz CT molecular complexity index is 672. The average Bonchev–Trinajstić information content (AvgIpc) is 2.47. The Kier molecular flexibility index (Phi) is 8.16. The molecule has 3 N–H and O–H groups in total. The van der Waals surface area contributed by atoms with E-state index in [1.165, 1.54) is 12.1 Å². The van der Waals surface area contributed by atoms with Gasteiger partial charge in [0.2, 0.25) is 15.9 Å². The third-order valence-corrected chi connectivity index (χ3v) is 3.80. The lowest BCUT2D eigenvalue weighted by Crippen LogP contribution is -2.35. The van der Waals surface area contributed by atoms with Gasteiger partial charge in [0.1, 0.15) is 18.1 Å². The van der Waals surface area contributed by atoms with E-state index >= 15 is 0 Å².